The maximum atomic E-state index is 12.0. The summed E-state index contributed by atoms with van der Waals surface area (Å²) in [6, 6.07) is 13.4. The van der Waals surface area contributed by atoms with E-state index in [9.17, 15) is 9.90 Å². The number of rotatable bonds is 6. The maximum Gasteiger partial charge on any atom is 0.258 e. The molecule has 0 aliphatic carbocycles. The zero-order valence-corrected chi connectivity index (χ0v) is 12.6. The summed E-state index contributed by atoms with van der Waals surface area (Å²) in [5.41, 5.74) is 4.16. The maximum absolute atomic E-state index is 12.0. The molecule has 0 aromatic heterocycles. The van der Waals surface area contributed by atoms with E-state index in [1.165, 1.54) is 7.11 Å². The van der Waals surface area contributed by atoms with Gasteiger partial charge in [-0.05, 0) is 24.6 Å². The van der Waals surface area contributed by atoms with Crippen LogP contribution in [0.4, 0.5) is 0 Å². The van der Waals surface area contributed by atoms with Gasteiger partial charge in [-0.2, -0.15) is 0 Å². The van der Waals surface area contributed by atoms with Gasteiger partial charge in [0.1, 0.15) is 11.5 Å². The van der Waals surface area contributed by atoms with Crippen molar-refractivity contribution in [1.29, 1.82) is 0 Å². The van der Waals surface area contributed by atoms with E-state index in [-0.39, 0.29) is 5.56 Å². The fraction of sp³-hybridized carbons (Fsp3) is 0.235. The van der Waals surface area contributed by atoms with Gasteiger partial charge in [0.25, 0.3) is 5.91 Å². The van der Waals surface area contributed by atoms with Crippen LogP contribution in [0.15, 0.2) is 48.5 Å². The normalized spacial score (nSPS) is 13.2. The topological polar surface area (TPSA) is 81.8 Å². The van der Waals surface area contributed by atoms with Gasteiger partial charge in [-0.15, -0.1) is 0 Å². The van der Waals surface area contributed by atoms with Gasteiger partial charge in [0.05, 0.1) is 13.7 Å². The highest BCUT2D eigenvalue weighted by molar-refractivity contribution is 5.89. The van der Waals surface area contributed by atoms with Crippen molar-refractivity contribution in [2.24, 2.45) is 5.73 Å². The molecule has 0 radical (unpaired) electrons. The molecule has 0 saturated carbocycles. The molecule has 22 heavy (non-hydrogen) atoms. The minimum absolute atomic E-state index is 0.275. The van der Waals surface area contributed by atoms with Gasteiger partial charge in [-0.1, -0.05) is 30.3 Å². The first-order valence-electron chi connectivity index (χ1n) is 6.93. The Balaban J connectivity index is 2.61. The van der Waals surface area contributed by atoms with Crippen molar-refractivity contribution < 1.29 is 19.4 Å². The molecule has 3 N–H and O–H groups in total. The summed E-state index contributed by atoms with van der Waals surface area (Å²) in [5, 5.41) is 11.0. The van der Waals surface area contributed by atoms with Crippen molar-refractivity contribution in [2.75, 3.05) is 13.7 Å². The average Bonchev–Trinajstić information content (AvgIpc) is 2.55. The van der Waals surface area contributed by atoms with Crippen molar-refractivity contribution in [3.8, 4) is 11.5 Å². The van der Waals surface area contributed by atoms with E-state index >= 15 is 0 Å². The lowest BCUT2D eigenvalue weighted by Crippen LogP contribution is -2.42. The van der Waals surface area contributed by atoms with Crippen LogP contribution in [0.3, 0.4) is 0 Å². The Morgan fingerprint density at radius 3 is 2.45 bits per heavy atom. The zero-order valence-electron chi connectivity index (χ0n) is 12.6. The Bertz CT molecular complexity index is 657. The lowest BCUT2D eigenvalue weighted by atomic mass is 9.85. The molecule has 1 atom stereocenters. The first kappa shape index (κ1) is 15.9. The lowest BCUT2D eigenvalue weighted by molar-refractivity contribution is -0.133. The van der Waals surface area contributed by atoms with Crippen molar-refractivity contribution >= 4 is 5.91 Å². The largest absolute Gasteiger partial charge is 0.496 e. The Kier molecular flexibility index (Phi) is 4.68. The standard InChI is InChI=1S/C17H19NO4/c1-3-22-13-9-10-14(15(11-13)21-2)17(20,16(18)19)12-7-5-4-6-8-12/h4-11,20H,3H2,1-2H3,(H2,18,19). The summed E-state index contributed by atoms with van der Waals surface area (Å²) in [4.78, 5) is 12.0. The lowest BCUT2D eigenvalue weighted by Gasteiger charge is -2.27. The van der Waals surface area contributed by atoms with Gasteiger partial charge >= 0.3 is 0 Å². The van der Waals surface area contributed by atoms with Crippen LogP contribution in [0.25, 0.3) is 0 Å². The van der Waals surface area contributed by atoms with E-state index in [1.807, 2.05) is 6.92 Å². The highest BCUT2D eigenvalue weighted by atomic mass is 16.5. The van der Waals surface area contributed by atoms with E-state index in [0.29, 0.717) is 23.7 Å². The predicted molar refractivity (Wildman–Crippen MR) is 82.8 cm³/mol. The highest BCUT2D eigenvalue weighted by Gasteiger charge is 2.40. The molecule has 2 aromatic rings. The molecule has 0 saturated heterocycles. The molecule has 0 aliphatic rings. The third-order valence-corrected chi connectivity index (χ3v) is 3.42. The number of primary amides is 1. The van der Waals surface area contributed by atoms with Crippen LogP contribution < -0.4 is 15.2 Å². The molecule has 116 valence electrons. The number of carbonyl (C=O) groups excluding carboxylic acids is 1. The van der Waals surface area contributed by atoms with Gasteiger partial charge in [0.15, 0.2) is 5.60 Å². The van der Waals surface area contributed by atoms with Gasteiger partial charge in [0, 0.05) is 11.6 Å². The number of benzene rings is 2. The number of ether oxygens (including phenoxy) is 2. The zero-order chi connectivity index (χ0) is 16.2. The smallest absolute Gasteiger partial charge is 0.258 e. The number of hydrogen-bond donors (Lipinski definition) is 2. The van der Waals surface area contributed by atoms with Crippen molar-refractivity contribution in [1.82, 2.24) is 0 Å². The Hall–Kier alpha value is -2.53. The Morgan fingerprint density at radius 2 is 1.91 bits per heavy atom. The van der Waals surface area contributed by atoms with E-state index < -0.39 is 11.5 Å². The third kappa shape index (κ3) is 2.76. The summed E-state index contributed by atoms with van der Waals surface area (Å²) in [6.45, 7) is 2.37. The van der Waals surface area contributed by atoms with E-state index in [1.54, 1.807) is 48.5 Å². The van der Waals surface area contributed by atoms with E-state index in [2.05, 4.69) is 0 Å². The molecule has 0 heterocycles. The second-order valence-corrected chi connectivity index (χ2v) is 4.74. The first-order valence-corrected chi connectivity index (χ1v) is 6.93. The SMILES string of the molecule is CCOc1ccc(C(O)(C(N)=O)c2ccccc2)c(OC)c1. The monoisotopic (exact) mass is 301 g/mol. The van der Waals surface area contributed by atoms with Crippen LogP contribution in [-0.4, -0.2) is 24.7 Å². The van der Waals surface area contributed by atoms with Crippen LogP contribution in [-0.2, 0) is 10.4 Å². The Labute approximate surface area is 129 Å². The van der Waals surface area contributed by atoms with Crippen molar-refractivity contribution in [3.63, 3.8) is 0 Å². The molecular weight excluding hydrogens is 282 g/mol. The van der Waals surface area contributed by atoms with E-state index in [4.69, 9.17) is 15.2 Å². The van der Waals surface area contributed by atoms with Crippen LogP contribution in [0.2, 0.25) is 0 Å². The molecular formula is C17H19NO4. The summed E-state index contributed by atoms with van der Waals surface area (Å²) in [6.07, 6.45) is 0. The molecule has 5 nitrogen and oxygen atoms in total. The molecule has 0 spiro atoms. The quantitative estimate of drug-likeness (QED) is 0.852. The third-order valence-electron chi connectivity index (χ3n) is 3.42. The molecule has 0 bridgehead atoms. The fourth-order valence-electron chi connectivity index (χ4n) is 2.34. The van der Waals surface area contributed by atoms with Gasteiger partial charge in [0.2, 0.25) is 0 Å². The minimum atomic E-state index is -1.97. The summed E-state index contributed by atoms with van der Waals surface area (Å²) in [7, 11) is 1.46. The van der Waals surface area contributed by atoms with Crippen LogP contribution in [0, 0.1) is 0 Å². The average molecular weight is 301 g/mol. The summed E-state index contributed by atoms with van der Waals surface area (Å²) >= 11 is 0. The van der Waals surface area contributed by atoms with Gasteiger partial charge in [-0.25, -0.2) is 0 Å². The fourth-order valence-corrected chi connectivity index (χ4v) is 2.34. The molecule has 1 unspecified atom stereocenters. The van der Waals surface area contributed by atoms with Crippen LogP contribution >= 0.6 is 0 Å². The van der Waals surface area contributed by atoms with E-state index in [0.717, 1.165) is 0 Å². The molecule has 0 aliphatic heterocycles. The number of aliphatic hydroxyl groups is 1. The summed E-state index contributed by atoms with van der Waals surface area (Å²) in [5.74, 6) is 0.0419. The van der Waals surface area contributed by atoms with Gasteiger partial charge < -0.3 is 20.3 Å². The molecule has 1 amide bonds. The van der Waals surface area contributed by atoms with Crippen molar-refractivity contribution in [2.45, 2.75) is 12.5 Å². The molecule has 2 aromatic carbocycles. The highest BCUT2D eigenvalue weighted by Crippen LogP contribution is 2.37. The Morgan fingerprint density at radius 1 is 1.23 bits per heavy atom. The molecule has 5 heteroatoms. The van der Waals surface area contributed by atoms with Gasteiger partial charge in [-0.3, -0.25) is 4.79 Å². The number of amides is 1. The molecule has 2 rings (SSSR count). The second-order valence-electron chi connectivity index (χ2n) is 4.74. The second kappa shape index (κ2) is 6.49. The summed E-state index contributed by atoms with van der Waals surface area (Å²) < 4.78 is 10.7. The first-order chi connectivity index (χ1) is 10.5. The number of carbonyl (C=O) groups is 1. The molecule has 0 fully saturated rings. The van der Waals surface area contributed by atoms with Crippen LogP contribution in [0.1, 0.15) is 18.1 Å². The van der Waals surface area contributed by atoms with Crippen molar-refractivity contribution in [3.05, 3.63) is 59.7 Å². The number of methoxy groups -OCH3 is 1. The van der Waals surface area contributed by atoms with Crippen LogP contribution in [0.5, 0.6) is 11.5 Å². The predicted octanol–water partition coefficient (Wildman–Crippen LogP) is 1.82. The number of nitrogens with two attached hydrogens (primary N) is 1. The number of hydrogen-bond acceptors (Lipinski definition) is 4. The minimum Gasteiger partial charge on any atom is -0.496 e.